The highest BCUT2D eigenvalue weighted by Crippen LogP contribution is 2.28. The number of nitrogens with zero attached hydrogens (tertiary/aromatic N) is 2. The van der Waals surface area contributed by atoms with Crippen LogP contribution in [-0.2, 0) is 24.2 Å². The maximum absolute atomic E-state index is 11.9. The molecule has 27 heavy (non-hydrogen) atoms. The van der Waals surface area contributed by atoms with Crippen LogP contribution in [0, 0.1) is 0 Å². The molecule has 0 aliphatic carbocycles. The van der Waals surface area contributed by atoms with Gasteiger partial charge in [-0.1, -0.05) is 11.3 Å². The van der Waals surface area contributed by atoms with Gasteiger partial charge in [0.25, 0.3) is 0 Å². The summed E-state index contributed by atoms with van der Waals surface area (Å²) in [4.78, 5) is 40.3. The van der Waals surface area contributed by atoms with E-state index < -0.39 is 22.3 Å². The van der Waals surface area contributed by atoms with E-state index >= 15 is 0 Å². The van der Waals surface area contributed by atoms with Crippen LogP contribution in [0.3, 0.4) is 0 Å². The van der Waals surface area contributed by atoms with E-state index in [-0.39, 0.29) is 34.7 Å². The van der Waals surface area contributed by atoms with Crippen molar-refractivity contribution in [3.63, 3.8) is 0 Å². The van der Waals surface area contributed by atoms with Gasteiger partial charge in [-0.05, 0) is 30.4 Å². The second-order valence-corrected chi connectivity index (χ2v) is 9.25. The fraction of sp³-hybridized carbons (Fsp3) is 0.267. The summed E-state index contributed by atoms with van der Waals surface area (Å²) in [5.74, 6) is -1.37. The summed E-state index contributed by atoms with van der Waals surface area (Å²) in [7, 11) is -3.33. The van der Waals surface area contributed by atoms with Gasteiger partial charge in [-0.25, -0.2) is 13.4 Å². The van der Waals surface area contributed by atoms with Crippen molar-refractivity contribution in [2.75, 3.05) is 18.1 Å². The molecule has 2 N–H and O–H groups in total. The van der Waals surface area contributed by atoms with Crippen LogP contribution < -0.4 is 10.6 Å². The van der Waals surface area contributed by atoms with Crippen LogP contribution in [0.15, 0.2) is 23.1 Å². The van der Waals surface area contributed by atoms with Crippen molar-refractivity contribution < 1.29 is 22.8 Å². The van der Waals surface area contributed by atoms with Crippen LogP contribution in [0.1, 0.15) is 12.8 Å². The number of benzene rings is 1. The number of rotatable bonds is 4. The molecule has 3 rings (SSSR count). The molecule has 1 aliphatic heterocycles. The van der Waals surface area contributed by atoms with Crippen molar-refractivity contribution in [3.8, 4) is 0 Å². The Hall–Kier alpha value is -2.44. The van der Waals surface area contributed by atoms with Crippen molar-refractivity contribution in [1.82, 2.24) is 15.2 Å². The summed E-state index contributed by atoms with van der Waals surface area (Å²) in [6, 6.07) is 4.56. The zero-order valence-electron chi connectivity index (χ0n) is 14.0. The van der Waals surface area contributed by atoms with Crippen LogP contribution in [0.5, 0.6) is 0 Å². The van der Waals surface area contributed by atoms with E-state index in [1.807, 2.05) is 0 Å². The van der Waals surface area contributed by atoms with E-state index in [9.17, 15) is 22.8 Å². The molecule has 1 aromatic heterocycles. The highest BCUT2D eigenvalue weighted by molar-refractivity contribution is 7.90. The molecule has 0 spiro atoms. The Morgan fingerprint density at radius 3 is 2.59 bits per heavy atom. The zero-order chi connectivity index (χ0) is 19.8. The van der Waals surface area contributed by atoms with Gasteiger partial charge in [0.15, 0.2) is 20.1 Å². The second-order valence-electron chi connectivity index (χ2n) is 5.80. The van der Waals surface area contributed by atoms with Crippen LogP contribution in [0.4, 0.5) is 5.13 Å². The van der Waals surface area contributed by atoms with Crippen molar-refractivity contribution in [3.05, 3.63) is 18.2 Å². The number of aromatic nitrogens is 1. The molecule has 1 saturated heterocycles. The minimum Gasteiger partial charge on any atom is -0.308 e. The van der Waals surface area contributed by atoms with Gasteiger partial charge in [0.1, 0.15) is 6.54 Å². The summed E-state index contributed by atoms with van der Waals surface area (Å²) in [5, 5.41) is 5.45. The third-order valence-corrected chi connectivity index (χ3v) is 5.97. The average molecular weight is 427 g/mol. The molecular formula is C15H14N4O5S3. The predicted molar refractivity (Wildman–Crippen MR) is 103 cm³/mol. The van der Waals surface area contributed by atoms with Crippen molar-refractivity contribution in [1.29, 1.82) is 0 Å². The summed E-state index contributed by atoms with van der Waals surface area (Å²) in [6.45, 7) is -0.392. The molecule has 1 aromatic carbocycles. The van der Waals surface area contributed by atoms with Gasteiger partial charge < -0.3 is 10.6 Å². The molecule has 0 unspecified atom stereocenters. The lowest BCUT2D eigenvalue weighted by Crippen LogP contribution is -2.43. The zero-order valence-corrected chi connectivity index (χ0v) is 16.5. The predicted octanol–water partition coefficient (Wildman–Crippen LogP) is 0.662. The molecule has 2 aromatic rings. The van der Waals surface area contributed by atoms with Gasteiger partial charge in [-0.3, -0.25) is 19.3 Å². The van der Waals surface area contributed by atoms with Gasteiger partial charge in [0, 0.05) is 19.1 Å². The minimum atomic E-state index is -3.33. The van der Waals surface area contributed by atoms with E-state index in [2.05, 4.69) is 15.6 Å². The van der Waals surface area contributed by atoms with E-state index in [0.29, 0.717) is 15.3 Å². The number of hydrogen-bond acceptors (Lipinski definition) is 8. The number of likely N-dealkylation sites (tertiary alicyclic amines) is 1. The molecule has 0 atom stereocenters. The number of imide groups is 1. The lowest BCUT2D eigenvalue weighted by molar-refractivity contribution is -0.142. The number of carbonyl (C=O) groups is 3. The Morgan fingerprint density at radius 2 is 1.96 bits per heavy atom. The molecular weight excluding hydrogens is 412 g/mol. The molecule has 0 bridgehead atoms. The number of thiocarbonyl (C=S) groups is 1. The van der Waals surface area contributed by atoms with Gasteiger partial charge in [0.2, 0.25) is 17.7 Å². The maximum Gasteiger partial charge on any atom is 0.246 e. The first-order valence-electron chi connectivity index (χ1n) is 7.68. The molecule has 1 aliphatic rings. The lowest BCUT2D eigenvalue weighted by atomic mass is 10.3. The molecule has 12 heteroatoms. The Balaban J connectivity index is 1.64. The van der Waals surface area contributed by atoms with E-state index in [0.717, 1.165) is 11.2 Å². The maximum atomic E-state index is 11.9. The third-order valence-electron chi connectivity index (χ3n) is 3.72. The molecule has 142 valence electrons. The topological polar surface area (TPSA) is 126 Å². The van der Waals surface area contributed by atoms with E-state index in [1.54, 1.807) is 6.07 Å². The van der Waals surface area contributed by atoms with E-state index in [4.69, 9.17) is 12.2 Å². The molecule has 0 radical (unpaired) electrons. The van der Waals surface area contributed by atoms with Crippen LogP contribution in [0.2, 0.25) is 0 Å². The minimum absolute atomic E-state index is 0.0403. The van der Waals surface area contributed by atoms with Crippen LogP contribution in [-0.4, -0.2) is 53.9 Å². The first-order chi connectivity index (χ1) is 12.6. The number of fused-ring (bicyclic) bond motifs is 1. The number of carbonyl (C=O) groups excluding carboxylic acids is 3. The summed E-state index contributed by atoms with van der Waals surface area (Å²) in [5.41, 5.74) is 0.581. The van der Waals surface area contributed by atoms with Crippen molar-refractivity contribution >= 4 is 71.6 Å². The number of amides is 3. The van der Waals surface area contributed by atoms with Gasteiger partial charge in [0.05, 0.1) is 15.1 Å². The van der Waals surface area contributed by atoms with E-state index in [1.165, 1.54) is 23.5 Å². The molecule has 9 nitrogen and oxygen atoms in total. The standard InChI is InChI=1S/C15H14N4O5S3/c1-27(23,24)8-2-3-9-10(6-8)26-15(16-9)18-14(25)17-11(20)7-19-12(21)4-5-13(19)22/h2-3,6H,4-5,7H2,1H3,(H2,16,17,18,20,25). The number of sulfone groups is 1. The van der Waals surface area contributed by atoms with Crippen molar-refractivity contribution in [2.24, 2.45) is 0 Å². The quantitative estimate of drug-likeness (QED) is 0.540. The third kappa shape index (κ3) is 4.46. The van der Waals surface area contributed by atoms with Gasteiger partial charge >= 0.3 is 0 Å². The number of thiazole rings is 1. The Labute approximate surface area is 163 Å². The highest BCUT2D eigenvalue weighted by Gasteiger charge is 2.30. The molecule has 0 saturated carbocycles. The number of anilines is 1. The average Bonchev–Trinajstić information content (AvgIpc) is 3.10. The second kappa shape index (κ2) is 7.29. The molecule has 2 heterocycles. The Bertz CT molecular complexity index is 1060. The largest absolute Gasteiger partial charge is 0.308 e. The normalized spacial score (nSPS) is 14.6. The summed E-state index contributed by atoms with van der Waals surface area (Å²) in [6.07, 6.45) is 1.33. The summed E-state index contributed by atoms with van der Waals surface area (Å²) >= 11 is 6.21. The lowest BCUT2D eigenvalue weighted by Gasteiger charge is -2.13. The smallest absolute Gasteiger partial charge is 0.246 e. The van der Waals surface area contributed by atoms with Gasteiger partial charge in [-0.15, -0.1) is 0 Å². The molecule has 1 fully saturated rings. The SMILES string of the molecule is CS(=O)(=O)c1ccc2nc(NC(=S)NC(=O)CN3C(=O)CCC3=O)sc2c1. The first kappa shape index (κ1) is 19.3. The highest BCUT2D eigenvalue weighted by atomic mass is 32.2. The monoisotopic (exact) mass is 426 g/mol. The van der Waals surface area contributed by atoms with Crippen LogP contribution in [0.25, 0.3) is 10.2 Å². The summed E-state index contributed by atoms with van der Waals surface area (Å²) < 4.78 is 23.9. The first-order valence-corrected chi connectivity index (χ1v) is 10.8. The number of hydrogen-bond donors (Lipinski definition) is 2. The van der Waals surface area contributed by atoms with Crippen molar-refractivity contribution in [2.45, 2.75) is 17.7 Å². The fourth-order valence-electron chi connectivity index (χ4n) is 2.43. The Morgan fingerprint density at radius 1 is 1.30 bits per heavy atom. The molecule has 3 amide bonds. The fourth-order valence-corrected chi connectivity index (χ4v) is 4.33. The Kier molecular flexibility index (Phi) is 5.22. The van der Waals surface area contributed by atoms with Gasteiger partial charge in [-0.2, -0.15) is 0 Å². The van der Waals surface area contributed by atoms with Crippen LogP contribution >= 0.6 is 23.6 Å². The number of nitrogens with one attached hydrogen (secondary N) is 2.